The molecule has 0 fully saturated rings. The zero-order valence-corrected chi connectivity index (χ0v) is 18.9. The van der Waals surface area contributed by atoms with E-state index in [0.29, 0.717) is 5.13 Å². The Morgan fingerprint density at radius 2 is 1.59 bits per heavy atom. The van der Waals surface area contributed by atoms with Gasteiger partial charge in [0.15, 0.2) is 4.34 Å². The van der Waals surface area contributed by atoms with Gasteiger partial charge < -0.3 is 4.74 Å². The second-order valence-electron chi connectivity index (χ2n) is 7.07. The molecule has 27 heavy (non-hydrogen) atoms. The zero-order chi connectivity index (χ0) is 19.7. The number of hydrogen-bond acceptors (Lipinski definition) is 6. The second kappa shape index (κ2) is 16.2. The Morgan fingerprint density at radius 3 is 2.22 bits per heavy atom. The van der Waals surface area contributed by atoms with Crippen LogP contribution in [0.15, 0.2) is 4.34 Å². The Balaban J connectivity index is 2.36. The number of aromatic nitrogens is 2. The molecule has 0 aromatic carbocycles. The van der Waals surface area contributed by atoms with Crippen molar-refractivity contribution < 1.29 is 9.53 Å². The van der Waals surface area contributed by atoms with Crippen LogP contribution in [0.4, 0.5) is 9.93 Å². The van der Waals surface area contributed by atoms with E-state index in [1.54, 1.807) is 11.8 Å². The van der Waals surface area contributed by atoms with Crippen LogP contribution in [0.2, 0.25) is 0 Å². The van der Waals surface area contributed by atoms with Gasteiger partial charge in [0.2, 0.25) is 5.13 Å². The number of methoxy groups -OCH3 is 1. The van der Waals surface area contributed by atoms with Crippen LogP contribution in [0.25, 0.3) is 0 Å². The summed E-state index contributed by atoms with van der Waals surface area (Å²) in [6.45, 7) is 4.53. The lowest BCUT2D eigenvalue weighted by Gasteiger charge is -2.15. The van der Waals surface area contributed by atoms with Gasteiger partial charge in [-0.3, -0.25) is 5.32 Å². The van der Waals surface area contributed by atoms with Crippen molar-refractivity contribution in [3.63, 3.8) is 0 Å². The molecule has 1 amide bonds. The summed E-state index contributed by atoms with van der Waals surface area (Å²) in [6, 6.07) is 0. The number of nitrogens with one attached hydrogen (secondary N) is 1. The highest BCUT2D eigenvalue weighted by atomic mass is 32.2. The minimum Gasteiger partial charge on any atom is -0.453 e. The first-order valence-corrected chi connectivity index (χ1v) is 12.3. The van der Waals surface area contributed by atoms with E-state index in [-0.39, 0.29) is 0 Å². The number of rotatable bonds is 16. The molecule has 0 aliphatic carbocycles. The van der Waals surface area contributed by atoms with Gasteiger partial charge >= 0.3 is 6.09 Å². The normalized spacial score (nSPS) is 12.1. The molecule has 1 N–H and O–H groups in total. The summed E-state index contributed by atoms with van der Waals surface area (Å²) in [6.07, 6.45) is 15.6. The van der Waals surface area contributed by atoms with E-state index in [1.807, 2.05) is 0 Å². The zero-order valence-electron chi connectivity index (χ0n) is 17.3. The minimum absolute atomic E-state index is 0.500. The summed E-state index contributed by atoms with van der Waals surface area (Å²) in [4.78, 5) is 11.2. The molecule has 0 aliphatic rings. The van der Waals surface area contributed by atoms with E-state index < -0.39 is 6.09 Å². The fourth-order valence-electron chi connectivity index (χ4n) is 3.03. The molecule has 0 spiro atoms. The van der Waals surface area contributed by atoms with Crippen LogP contribution in [0.3, 0.4) is 0 Å². The van der Waals surface area contributed by atoms with Crippen LogP contribution >= 0.6 is 23.1 Å². The van der Waals surface area contributed by atoms with Gasteiger partial charge in [-0.2, -0.15) is 0 Å². The number of amides is 1. The highest BCUT2D eigenvalue weighted by Crippen LogP contribution is 2.30. The van der Waals surface area contributed by atoms with Crippen molar-refractivity contribution >= 4 is 34.3 Å². The van der Waals surface area contributed by atoms with Crippen LogP contribution in [-0.2, 0) is 4.74 Å². The van der Waals surface area contributed by atoms with E-state index in [2.05, 4.69) is 34.1 Å². The van der Waals surface area contributed by atoms with Gasteiger partial charge in [-0.15, -0.1) is 10.2 Å². The summed E-state index contributed by atoms with van der Waals surface area (Å²) in [5.41, 5.74) is 0. The maximum Gasteiger partial charge on any atom is 0.413 e. The maximum absolute atomic E-state index is 11.2. The fraction of sp³-hybridized carbons (Fsp3) is 0.850. The van der Waals surface area contributed by atoms with Crippen LogP contribution in [0.5, 0.6) is 0 Å². The lowest BCUT2D eigenvalue weighted by Crippen LogP contribution is -2.10. The summed E-state index contributed by atoms with van der Waals surface area (Å²) in [7, 11) is 1.34. The second-order valence-corrected chi connectivity index (χ2v) is 9.32. The van der Waals surface area contributed by atoms with Gasteiger partial charge in [0.25, 0.3) is 0 Å². The topological polar surface area (TPSA) is 64.1 Å². The third-order valence-electron chi connectivity index (χ3n) is 4.68. The van der Waals surface area contributed by atoms with Crippen LogP contribution < -0.4 is 5.32 Å². The quantitative estimate of drug-likeness (QED) is 0.176. The Morgan fingerprint density at radius 1 is 1.00 bits per heavy atom. The van der Waals surface area contributed by atoms with E-state index in [0.717, 1.165) is 16.0 Å². The predicted molar refractivity (Wildman–Crippen MR) is 117 cm³/mol. The molecular weight excluding hydrogens is 378 g/mol. The molecule has 7 heteroatoms. The van der Waals surface area contributed by atoms with Crippen molar-refractivity contribution in [2.24, 2.45) is 5.92 Å². The molecular formula is C20H37N3O2S2. The fourth-order valence-corrected chi connectivity index (χ4v) is 4.98. The number of hydrogen-bond donors (Lipinski definition) is 1. The Labute approximate surface area is 173 Å². The van der Waals surface area contributed by atoms with Gasteiger partial charge in [-0.25, -0.2) is 4.79 Å². The molecule has 0 radical (unpaired) electrons. The first-order chi connectivity index (χ1) is 13.2. The molecule has 0 saturated carbocycles. The minimum atomic E-state index is -0.500. The Hall–Kier alpha value is -0.820. The molecule has 156 valence electrons. The highest BCUT2D eigenvalue weighted by Gasteiger charge is 2.13. The third-order valence-corrected chi connectivity index (χ3v) is 6.88. The summed E-state index contributed by atoms with van der Waals surface area (Å²) >= 11 is 3.19. The van der Waals surface area contributed by atoms with Crippen molar-refractivity contribution in [3.05, 3.63) is 0 Å². The molecule has 1 heterocycles. The first kappa shape index (κ1) is 24.2. The molecule has 1 atom stereocenters. The molecule has 0 aliphatic heterocycles. The van der Waals surface area contributed by atoms with Gasteiger partial charge in [0.1, 0.15) is 0 Å². The summed E-state index contributed by atoms with van der Waals surface area (Å²) < 4.78 is 5.51. The number of carbonyl (C=O) groups is 1. The van der Waals surface area contributed by atoms with Gasteiger partial charge in [-0.05, 0) is 18.8 Å². The van der Waals surface area contributed by atoms with Crippen LogP contribution in [0.1, 0.15) is 90.9 Å². The van der Waals surface area contributed by atoms with Gasteiger partial charge in [0, 0.05) is 5.75 Å². The van der Waals surface area contributed by atoms with Crippen molar-refractivity contribution in [2.75, 3.05) is 18.2 Å². The van der Waals surface area contributed by atoms with Crippen molar-refractivity contribution in [1.29, 1.82) is 0 Å². The smallest absolute Gasteiger partial charge is 0.413 e. The van der Waals surface area contributed by atoms with E-state index in [9.17, 15) is 4.79 Å². The first-order valence-electron chi connectivity index (χ1n) is 10.5. The van der Waals surface area contributed by atoms with Crippen molar-refractivity contribution in [2.45, 2.75) is 95.2 Å². The molecule has 0 saturated heterocycles. The Kier molecular flexibility index (Phi) is 14.5. The van der Waals surface area contributed by atoms with E-state index in [4.69, 9.17) is 0 Å². The molecule has 5 nitrogen and oxygen atoms in total. The summed E-state index contributed by atoms with van der Waals surface area (Å²) in [5, 5.41) is 11.3. The average molecular weight is 416 g/mol. The maximum atomic E-state index is 11.2. The monoisotopic (exact) mass is 415 g/mol. The number of unbranched alkanes of at least 4 members (excludes halogenated alkanes) is 8. The number of anilines is 1. The molecule has 1 aromatic rings. The summed E-state index contributed by atoms with van der Waals surface area (Å²) in [5.74, 6) is 1.84. The standard InChI is InChI=1S/C20H37N3O2S2/c1-4-6-8-10-11-13-15-17(14-12-9-7-5-2)16-26-20-23-22-18(27-20)21-19(24)25-3/h17H,4-16H2,1-3H3,(H,21,22,24). The van der Waals surface area contributed by atoms with E-state index >= 15 is 0 Å². The number of nitrogens with zero attached hydrogens (tertiary/aromatic N) is 2. The average Bonchev–Trinajstić information content (AvgIpc) is 3.12. The van der Waals surface area contributed by atoms with E-state index in [1.165, 1.54) is 95.5 Å². The molecule has 0 bridgehead atoms. The Bertz CT molecular complexity index is 497. The third kappa shape index (κ3) is 12.3. The van der Waals surface area contributed by atoms with Crippen molar-refractivity contribution in [1.82, 2.24) is 10.2 Å². The molecule has 1 rings (SSSR count). The van der Waals surface area contributed by atoms with Crippen LogP contribution in [0, 0.1) is 5.92 Å². The number of carbonyl (C=O) groups excluding carboxylic acids is 1. The molecule has 1 aromatic heterocycles. The lowest BCUT2D eigenvalue weighted by molar-refractivity contribution is 0.187. The highest BCUT2D eigenvalue weighted by molar-refractivity contribution is 8.01. The van der Waals surface area contributed by atoms with Crippen LogP contribution in [-0.4, -0.2) is 29.2 Å². The van der Waals surface area contributed by atoms with Crippen molar-refractivity contribution in [3.8, 4) is 0 Å². The largest absolute Gasteiger partial charge is 0.453 e. The van der Waals surface area contributed by atoms with Gasteiger partial charge in [-0.1, -0.05) is 101 Å². The predicted octanol–water partition coefficient (Wildman–Crippen LogP) is 7.15. The SMILES string of the molecule is CCCCCCCCC(CCCCCC)CSc1nnc(NC(=O)OC)s1. The van der Waals surface area contributed by atoms with Gasteiger partial charge in [0.05, 0.1) is 7.11 Å². The molecule has 1 unspecified atom stereocenters. The number of thioether (sulfide) groups is 1. The number of ether oxygens (including phenoxy) is 1. The lowest BCUT2D eigenvalue weighted by atomic mass is 9.96.